The maximum atomic E-state index is 12.8. The Labute approximate surface area is 157 Å². The average molecular weight is 365 g/mol. The summed E-state index contributed by atoms with van der Waals surface area (Å²) < 4.78 is 5.10. The van der Waals surface area contributed by atoms with Crippen LogP contribution >= 0.6 is 0 Å². The van der Waals surface area contributed by atoms with Crippen LogP contribution in [0.4, 0.5) is 0 Å². The van der Waals surface area contributed by atoms with Crippen molar-refractivity contribution in [1.29, 1.82) is 10.5 Å². The Hall–Kier alpha value is -3.58. The number of hydrogen-bond acceptors (Lipinski definition) is 6. The van der Waals surface area contributed by atoms with Crippen LogP contribution < -0.4 is 5.32 Å². The van der Waals surface area contributed by atoms with E-state index in [1.807, 2.05) is 30.3 Å². The first-order chi connectivity index (χ1) is 12.7. The molecule has 1 aliphatic heterocycles. The standard InChI is InChI=1S/C20H19N3O4/c1-12-16(18(24)25)15(9-14-7-5-4-6-8-14)17(13(2)23-12)19(26)27-20(3,10-21)11-22/h4-8,15,23H,9H2,1-3H3,(H,24,25). The van der Waals surface area contributed by atoms with Crippen molar-refractivity contribution in [3.8, 4) is 12.1 Å². The zero-order chi connectivity index (χ0) is 20.2. The van der Waals surface area contributed by atoms with E-state index in [2.05, 4.69) is 5.32 Å². The van der Waals surface area contributed by atoms with Gasteiger partial charge in [-0.05, 0) is 25.8 Å². The summed E-state index contributed by atoms with van der Waals surface area (Å²) in [5.41, 5.74) is -0.105. The zero-order valence-corrected chi connectivity index (χ0v) is 15.2. The van der Waals surface area contributed by atoms with E-state index in [0.717, 1.165) is 5.56 Å². The monoisotopic (exact) mass is 365 g/mol. The lowest BCUT2D eigenvalue weighted by atomic mass is 9.81. The van der Waals surface area contributed by atoms with Crippen molar-refractivity contribution in [2.75, 3.05) is 0 Å². The minimum atomic E-state index is -1.96. The van der Waals surface area contributed by atoms with Crippen LogP contribution in [0.3, 0.4) is 0 Å². The van der Waals surface area contributed by atoms with Crippen LogP contribution in [0.5, 0.6) is 0 Å². The molecule has 1 unspecified atom stereocenters. The fraction of sp³-hybridized carbons (Fsp3) is 0.300. The van der Waals surface area contributed by atoms with E-state index in [9.17, 15) is 14.7 Å². The van der Waals surface area contributed by atoms with Crippen molar-refractivity contribution in [2.24, 2.45) is 5.92 Å². The second-order valence-corrected chi connectivity index (χ2v) is 6.40. The Morgan fingerprint density at radius 2 is 1.70 bits per heavy atom. The summed E-state index contributed by atoms with van der Waals surface area (Å²) in [6.45, 7) is 4.44. The van der Waals surface area contributed by atoms with Gasteiger partial charge in [0.2, 0.25) is 0 Å². The van der Waals surface area contributed by atoms with Gasteiger partial charge >= 0.3 is 11.9 Å². The first-order valence-corrected chi connectivity index (χ1v) is 8.24. The van der Waals surface area contributed by atoms with Crippen LogP contribution in [-0.2, 0) is 20.7 Å². The largest absolute Gasteiger partial charge is 0.478 e. The molecule has 0 saturated heterocycles. The number of carbonyl (C=O) groups is 2. The number of dihydropyridines is 1. The third-order valence-corrected chi connectivity index (χ3v) is 4.34. The highest BCUT2D eigenvalue weighted by atomic mass is 16.6. The molecule has 7 heteroatoms. The summed E-state index contributed by atoms with van der Waals surface area (Å²) in [5, 5.41) is 30.8. The number of allylic oxidation sites excluding steroid dienone is 2. The third kappa shape index (κ3) is 4.16. The predicted octanol–water partition coefficient (Wildman–Crippen LogP) is 2.43. The number of ether oxygens (including phenoxy) is 1. The van der Waals surface area contributed by atoms with E-state index in [4.69, 9.17) is 15.3 Å². The van der Waals surface area contributed by atoms with Crippen molar-refractivity contribution >= 4 is 11.9 Å². The van der Waals surface area contributed by atoms with Gasteiger partial charge in [-0.1, -0.05) is 30.3 Å². The molecule has 1 aromatic rings. The molecule has 0 spiro atoms. The molecule has 2 rings (SSSR count). The van der Waals surface area contributed by atoms with E-state index in [0.29, 0.717) is 11.4 Å². The number of esters is 1. The van der Waals surface area contributed by atoms with Crippen molar-refractivity contribution < 1.29 is 19.4 Å². The topological polar surface area (TPSA) is 123 Å². The van der Waals surface area contributed by atoms with Crippen molar-refractivity contribution in [1.82, 2.24) is 5.32 Å². The molecule has 0 aliphatic carbocycles. The van der Waals surface area contributed by atoms with E-state index in [1.165, 1.54) is 6.92 Å². The summed E-state index contributed by atoms with van der Waals surface area (Å²) >= 11 is 0. The van der Waals surface area contributed by atoms with Gasteiger partial charge in [0.1, 0.15) is 12.1 Å². The Balaban J connectivity index is 2.50. The summed E-state index contributed by atoms with van der Waals surface area (Å²) in [7, 11) is 0. The second-order valence-electron chi connectivity index (χ2n) is 6.40. The molecule has 138 valence electrons. The molecule has 1 aliphatic rings. The molecule has 27 heavy (non-hydrogen) atoms. The van der Waals surface area contributed by atoms with Crippen LogP contribution in [-0.4, -0.2) is 22.6 Å². The number of hydrogen-bond donors (Lipinski definition) is 2. The number of carboxylic acids is 1. The van der Waals surface area contributed by atoms with Crippen molar-refractivity contribution in [3.63, 3.8) is 0 Å². The van der Waals surface area contributed by atoms with Gasteiger partial charge in [0.25, 0.3) is 5.60 Å². The number of nitrogens with one attached hydrogen (secondary N) is 1. The molecule has 2 N–H and O–H groups in total. The maximum Gasteiger partial charge on any atom is 0.338 e. The molecule has 0 aromatic heterocycles. The number of carboxylic acid groups (broad SMARTS) is 1. The molecule has 7 nitrogen and oxygen atoms in total. The van der Waals surface area contributed by atoms with Crippen LogP contribution in [0.1, 0.15) is 26.3 Å². The number of aliphatic carboxylic acids is 1. The molecule has 1 atom stereocenters. The zero-order valence-electron chi connectivity index (χ0n) is 15.2. The highest BCUT2D eigenvalue weighted by Gasteiger charge is 2.39. The minimum Gasteiger partial charge on any atom is -0.478 e. The molecular weight excluding hydrogens is 346 g/mol. The second kappa shape index (κ2) is 7.76. The van der Waals surface area contributed by atoms with Crippen molar-refractivity contribution in [3.05, 3.63) is 58.4 Å². The van der Waals surface area contributed by atoms with Gasteiger partial charge in [-0.25, -0.2) is 9.59 Å². The number of benzene rings is 1. The molecule has 0 radical (unpaired) electrons. The normalized spacial score (nSPS) is 16.9. The summed E-state index contributed by atoms with van der Waals surface area (Å²) in [6, 6.07) is 12.5. The Morgan fingerprint density at radius 1 is 1.15 bits per heavy atom. The third-order valence-electron chi connectivity index (χ3n) is 4.34. The fourth-order valence-electron chi connectivity index (χ4n) is 3.05. The van der Waals surface area contributed by atoms with Gasteiger partial charge in [0, 0.05) is 24.2 Å². The molecule has 0 bridgehead atoms. The first kappa shape index (κ1) is 19.7. The van der Waals surface area contributed by atoms with E-state index >= 15 is 0 Å². The number of carbonyl (C=O) groups excluding carboxylic acids is 1. The predicted molar refractivity (Wildman–Crippen MR) is 95.5 cm³/mol. The minimum absolute atomic E-state index is 0.0482. The maximum absolute atomic E-state index is 12.8. The molecule has 0 amide bonds. The molecule has 0 fully saturated rings. The van der Waals surface area contributed by atoms with Gasteiger partial charge < -0.3 is 15.2 Å². The van der Waals surface area contributed by atoms with Gasteiger partial charge in [-0.15, -0.1) is 0 Å². The van der Waals surface area contributed by atoms with E-state index in [-0.39, 0.29) is 17.6 Å². The first-order valence-electron chi connectivity index (χ1n) is 8.24. The molecular formula is C20H19N3O4. The lowest BCUT2D eigenvalue weighted by Crippen LogP contribution is -2.37. The molecule has 0 saturated carbocycles. The quantitative estimate of drug-likeness (QED) is 0.768. The van der Waals surface area contributed by atoms with Crippen LogP contribution in [0.15, 0.2) is 52.9 Å². The van der Waals surface area contributed by atoms with Crippen LogP contribution in [0.2, 0.25) is 0 Å². The van der Waals surface area contributed by atoms with E-state index < -0.39 is 23.5 Å². The fourth-order valence-corrected chi connectivity index (χ4v) is 3.05. The highest BCUT2D eigenvalue weighted by molar-refractivity contribution is 5.97. The van der Waals surface area contributed by atoms with Gasteiger partial charge in [0.15, 0.2) is 0 Å². The summed E-state index contributed by atoms with van der Waals surface area (Å²) in [5.74, 6) is -2.82. The SMILES string of the molecule is CC1=C(C(=O)O)C(Cc2ccccc2)C(C(=O)OC(C)(C#N)C#N)=C(C)N1. The number of nitrogens with zero attached hydrogens (tertiary/aromatic N) is 2. The Kier molecular flexibility index (Phi) is 5.67. The summed E-state index contributed by atoms with van der Waals surface area (Å²) in [4.78, 5) is 24.6. The van der Waals surface area contributed by atoms with Gasteiger partial charge in [-0.2, -0.15) is 10.5 Å². The smallest absolute Gasteiger partial charge is 0.338 e. The van der Waals surface area contributed by atoms with E-state index in [1.54, 1.807) is 26.0 Å². The van der Waals surface area contributed by atoms with Crippen LogP contribution in [0, 0.1) is 28.6 Å². The van der Waals surface area contributed by atoms with Gasteiger partial charge in [0.05, 0.1) is 11.1 Å². The number of nitriles is 2. The molecule has 1 aromatic carbocycles. The summed E-state index contributed by atoms with van der Waals surface area (Å²) in [6.07, 6.45) is 0.263. The number of rotatable bonds is 5. The lowest BCUT2D eigenvalue weighted by molar-refractivity contribution is -0.145. The highest BCUT2D eigenvalue weighted by Crippen LogP contribution is 2.34. The van der Waals surface area contributed by atoms with Crippen LogP contribution in [0.25, 0.3) is 0 Å². The Morgan fingerprint density at radius 3 is 2.22 bits per heavy atom. The average Bonchev–Trinajstić information content (AvgIpc) is 2.61. The Bertz CT molecular complexity index is 903. The van der Waals surface area contributed by atoms with Gasteiger partial charge in [-0.3, -0.25) is 0 Å². The lowest BCUT2D eigenvalue weighted by Gasteiger charge is -2.30. The van der Waals surface area contributed by atoms with Crippen molar-refractivity contribution in [2.45, 2.75) is 32.8 Å². The molecule has 1 heterocycles.